The standard InChI is InChI=1S/C17H16N2O/c1-20-16-9-7-15(8-10-16)17-12-19(13-18-17)11-14-5-3-2-4-6-14/h2-10,12-13H,11H2,1H3. The van der Waals surface area contributed by atoms with Crippen molar-refractivity contribution < 1.29 is 4.74 Å². The van der Waals surface area contributed by atoms with Crippen LogP contribution in [0.5, 0.6) is 5.75 Å². The Morgan fingerprint density at radius 2 is 1.75 bits per heavy atom. The van der Waals surface area contributed by atoms with Crippen LogP contribution in [0.15, 0.2) is 67.1 Å². The van der Waals surface area contributed by atoms with Crippen molar-refractivity contribution in [3.8, 4) is 17.0 Å². The molecule has 0 saturated heterocycles. The van der Waals surface area contributed by atoms with Gasteiger partial charge in [0.05, 0.1) is 19.1 Å². The van der Waals surface area contributed by atoms with Gasteiger partial charge in [-0.2, -0.15) is 0 Å². The fourth-order valence-corrected chi connectivity index (χ4v) is 2.15. The molecule has 0 saturated carbocycles. The van der Waals surface area contributed by atoms with Crippen molar-refractivity contribution in [3.05, 3.63) is 72.7 Å². The topological polar surface area (TPSA) is 27.1 Å². The molecule has 0 fully saturated rings. The molecule has 3 nitrogen and oxygen atoms in total. The summed E-state index contributed by atoms with van der Waals surface area (Å²) in [6.45, 7) is 0.837. The zero-order valence-electron chi connectivity index (χ0n) is 11.4. The van der Waals surface area contributed by atoms with Crippen LogP contribution >= 0.6 is 0 Å². The molecule has 0 unspecified atom stereocenters. The SMILES string of the molecule is COc1ccc(-c2cn(Cc3ccccc3)cn2)cc1. The summed E-state index contributed by atoms with van der Waals surface area (Å²) >= 11 is 0. The molecule has 1 aromatic heterocycles. The zero-order chi connectivity index (χ0) is 13.8. The van der Waals surface area contributed by atoms with Crippen molar-refractivity contribution in [2.24, 2.45) is 0 Å². The molecule has 100 valence electrons. The van der Waals surface area contributed by atoms with Gasteiger partial charge in [0, 0.05) is 18.3 Å². The summed E-state index contributed by atoms with van der Waals surface area (Å²) in [7, 11) is 1.67. The predicted molar refractivity (Wildman–Crippen MR) is 79.8 cm³/mol. The van der Waals surface area contributed by atoms with Crippen LogP contribution in [-0.2, 0) is 6.54 Å². The third-order valence-electron chi connectivity index (χ3n) is 3.23. The molecule has 20 heavy (non-hydrogen) atoms. The molecule has 0 radical (unpaired) electrons. The molecule has 0 amide bonds. The van der Waals surface area contributed by atoms with Gasteiger partial charge < -0.3 is 9.30 Å². The number of rotatable bonds is 4. The second-order valence-corrected chi connectivity index (χ2v) is 4.65. The van der Waals surface area contributed by atoms with Gasteiger partial charge in [-0.05, 0) is 29.8 Å². The summed E-state index contributed by atoms with van der Waals surface area (Å²) in [5, 5.41) is 0. The van der Waals surface area contributed by atoms with Gasteiger partial charge in [-0.25, -0.2) is 4.98 Å². The predicted octanol–water partition coefficient (Wildman–Crippen LogP) is 3.61. The molecule has 0 aliphatic rings. The van der Waals surface area contributed by atoms with E-state index < -0.39 is 0 Å². The first-order valence-electron chi connectivity index (χ1n) is 6.55. The quantitative estimate of drug-likeness (QED) is 0.720. The Morgan fingerprint density at radius 1 is 1.00 bits per heavy atom. The largest absolute Gasteiger partial charge is 0.497 e. The maximum absolute atomic E-state index is 5.16. The summed E-state index contributed by atoms with van der Waals surface area (Å²) < 4.78 is 7.26. The number of benzene rings is 2. The van der Waals surface area contributed by atoms with E-state index in [0.717, 1.165) is 23.6 Å². The van der Waals surface area contributed by atoms with Gasteiger partial charge in [0.25, 0.3) is 0 Å². The summed E-state index contributed by atoms with van der Waals surface area (Å²) in [5.74, 6) is 0.859. The Labute approximate surface area is 118 Å². The number of hydrogen-bond donors (Lipinski definition) is 0. The highest BCUT2D eigenvalue weighted by Gasteiger charge is 2.03. The highest BCUT2D eigenvalue weighted by molar-refractivity contribution is 5.59. The first-order chi connectivity index (χ1) is 9.85. The number of imidazole rings is 1. The summed E-state index contributed by atoms with van der Waals surface area (Å²) in [5.41, 5.74) is 3.34. The van der Waals surface area contributed by atoms with Gasteiger partial charge in [0.1, 0.15) is 5.75 Å². The van der Waals surface area contributed by atoms with Crippen LogP contribution in [0.4, 0.5) is 0 Å². The number of ether oxygens (including phenoxy) is 1. The number of hydrogen-bond acceptors (Lipinski definition) is 2. The van der Waals surface area contributed by atoms with Gasteiger partial charge in [-0.3, -0.25) is 0 Å². The fraction of sp³-hybridized carbons (Fsp3) is 0.118. The van der Waals surface area contributed by atoms with Crippen molar-refractivity contribution in [2.45, 2.75) is 6.54 Å². The van der Waals surface area contributed by atoms with Crippen LogP contribution in [0.3, 0.4) is 0 Å². The minimum absolute atomic E-state index is 0.837. The average molecular weight is 264 g/mol. The molecule has 1 heterocycles. The lowest BCUT2D eigenvalue weighted by molar-refractivity contribution is 0.415. The van der Waals surface area contributed by atoms with Crippen LogP contribution in [0.25, 0.3) is 11.3 Å². The molecular weight excluding hydrogens is 248 g/mol. The van der Waals surface area contributed by atoms with E-state index in [1.165, 1.54) is 5.56 Å². The van der Waals surface area contributed by atoms with Crippen LogP contribution in [0.1, 0.15) is 5.56 Å². The molecule has 3 heteroatoms. The highest BCUT2D eigenvalue weighted by atomic mass is 16.5. The monoisotopic (exact) mass is 264 g/mol. The van der Waals surface area contributed by atoms with Crippen LogP contribution in [-0.4, -0.2) is 16.7 Å². The van der Waals surface area contributed by atoms with Gasteiger partial charge in [0.15, 0.2) is 0 Å². The van der Waals surface area contributed by atoms with Gasteiger partial charge >= 0.3 is 0 Å². The molecule has 0 N–H and O–H groups in total. The molecule has 0 spiro atoms. The van der Waals surface area contributed by atoms with Crippen molar-refractivity contribution >= 4 is 0 Å². The minimum atomic E-state index is 0.837. The molecular formula is C17H16N2O. The third kappa shape index (κ3) is 2.72. The van der Waals surface area contributed by atoms with Gasteiger partial charge in [0.2, 0.25) is 0 Å². The Hall–Kier alpha value is -2.55. The van der Waals surface area contributed by atoms with Crippen LogP contribution in [0.2, 0.25) is 0 Å². The molecule has 0 aliphatic heterocycles. The van der Waals surface area contributed by atoms with Crippen LogP contribution < -0.4 is 4.74 Å². The van der Waals surface area contributed by atoms with E-state index in [-0.39, 0.29) is 0 Å². The normalized spacial score (nSPS) is 10.4. The van der Waals surface area contributed by atoms with E-state index in [2.05, 4.69) is 40.0 Å². The Balaban J connectivity index is 1.79. The maximum atomic E-state index is 5.16. The molecule has 3 rings (SSSR count). The Morgan fingerprint density at radius 3 is 2.45 bits per heavy atom. The molecule has 3 aromatic rings. The minimum Gasteiger partial charge on any atom is -0.497 e. The first kappa shape index (κ1) is 12.5. The van der Waals surface area contributed by atoms with Gasteiger partial charge in [-0.15, -0.1) is 0 Å². The molecule has 2 aromatic carbocycles. The molecule has 0 bridgehead atoms. The van der Waals surface area contributed by atoms with Crippen molar-refractivity contribution in [2.75, 3.05) is 7.11 Å². The van der Waals surface area contributed by atoms with Crippen molar-refractivity contribution in [1.82, 2.24) is 9.55 Å². The van der Waals surface area contributed by atoms with E-state index >= 15 is 0 Å². The lowest BCUT2D eigenvalue weighted by Crippen LogP contribution is -1.95. The maximum Gasteiger partial charge on any atom is 0.118 e. The summed E-state index contributed by atoms with van der Waals surface area (Å²) in [6.07, 6.45) is 3.93. The molecule has 0 aliphatic carbocycles. The average Bonchev–Trinajstić information content (AvgIpc) is 2.97. The van der Waals surface area contributed by atoms with Crippen molar-refractivity contribution in [3.63, 3.8) is 0 Å². The lowest BCUT2D eigenvalue weighted by Gasteiger charge is -2.02. The smallest absolute Gasteiger partial charge is 0.118 e. The molecule has 0 atom stereocenters. The lowest BCUT2D eigenvalue weighted by atomic mass is 10.1. The van der Waals surface area contributed by atoms with E-state index in [4.69, 9.17) is 4.74 Å². The van der Waals surface area contributed by atoms with Crippen LogP contribution in [0, 0.1) is 0 Å². The van der Waals surface area contributed by atoms with Crippen molar-refractivity contribution in [1.29, 1.82) is 0 Å². The van der Waals surface area contributed by atoms with Gasteiger partial charge in [-0.1, -0.05) is 30.3 Å². The summed E-state index contributed by atoms with van der Waals surface area (Å²) in [4.78, 5) is 4.46. The zero-order valence-corrected chi connectivity index (χ0v) is 11.4. The second-order valence-electron chi connectivity index (χ2n) is 4.65. The Bertz CT molecular complexity index is 672. The van der Waals surface area contributed by atoms with E-state index in [9.17, 15) is 0 Å². The third-order valence-corrected chi connectivity index (χ3v) is 3.23. The second kappa shape index (κ2) is 5.61. The number of aromatic nitrogens is 2. The number of nitrogens with zero attached hydrogens (tertiary/aromatic N) is 2. The number of methoxy groups -OCH3 is 1. The van der Waals surface area contributed by atoms with E-state index in [1.807, 2.05) is 36.7 Å². The highest BCUT2D eigenvalue weighted by Crippen LogP contribution is 2.20. The van der Waals surface area contributed by atoms with E-state index in [1.54, 1.807) is 7.11 Å². The Kier molecular flexibility index (Phi) is 3.50. The fourth-order valence-electron chi connectivity index (χ4n) is 2.15. The first-order valence-corrected chi connectivity index (χ1v) is 6.55. The summed E-state index contributed by atoms with van der Waals surface area (Å²) in [6, 6.07) is 18.3. The van der Waals surface area contributed by atoms with E-state index in [0.29, 0.717) is 0 Å².